The van der Waals surface area contributed by atoms with Crippen LogP contribution in [-0.4, -0.2) is 66.9 Å². The molecule has 2 fully saturated rings. The first-order valence-corrected chi connectivity index (χ1v) is 10.5. The molecule has 2 atom stereocenters. The lowest BCUT2D eigenvalue weighted by Crippen LogP contribution is -2.68. The summed E-state index contributed by atoms with van der Waals surface area (Å²) >= 11 is 6.37. The van der Waals surface area contributed by atoms with Crippen molar-refractivity contribution in [1.82, 2.24) is 9.47 Å². The Bertz CT molecular complexity index is 1150. The highest BCUT2D eigenvalue weighted by atomic mass is 35.5. The number of nitrogens with zero attached hydrogens (tertiary/aromatic N) is 4. The van der Waals surface area contributed by atoms with Gasteiger partial charge in [-0.2, -0.15) is 0 Å². The average Bonchev–Trinajstić information content (AvgIpc) is 2.66. The van der Waals surface area contributed by atoms with Crippen molar-refractivity contribution >= 4 is 39.8 Å². The standard InChI is InChI=1S/C21H24ClFN4O3/c1-10-6-26-15(7-24(10)3)20(28)27(12-8-30-9-12)19-18(26)13-5-14(22)11(2)16(23)17(13)25(4)21(19)29/h5,10,12,15H,6-9H2,1-4H3. The summed E-state index contributed by atoms with van der Waals surface area (Å²) in [7, 11) is 3.53. The molecule has 5 rings (SSSR count). The Kier molecular flexibility index (Phi) is 4.40. The summed E-state index contributed by atoms with van der Waals surface area (Å²) in [5.74, 6) is -0.612. The molecule has 4 heterocycles. The number of rotatable bonds is 1. The summed E-state index contributed by atoms with van der Waals surface area (Å²) in [5, 5.41) is 0.856. The molecule has 9 heteroatoms. The zero-order valence-corrected chi connectivity index (χ0v) is 18.2. The number of aromatic nitrogens is 1. The predicted octanol–water partition coefficient (Wildman–Crippen LogP) is 1.89. The zero-order valence-electron chi connectivity index (χ0n) is 17.4. The third kappa shape index (κ3) is 2.50. The number of pyridine rings is 1. The monoisotopic (exact) mass is 434 g/mol. The van der Waals surface area contributed by atoms with Crippen molar-refractivity contribution in [3.63, 3.8) is 0 Å². The highest BCUT2D eigenvalue weighted by Crippen LogP contribution is 2.44. The number of hydrogen-bond acceptors (Lipinski definition) is 5. The van der Waals surface area contributed by atoms with E-state index >= 15 is 4.39 Å². The molecule has 0 saturated carbocycles. The van der Waals surface area contributed by atoms with E-state index < -0.39 is 11.9 Å². The summed E-state index contributed by atoms with van der Waals surface area (Å²) in [6.07, 6.45) is 0. The number of carbonyl (C=O) groups is 1. The summed E-state index contributed by atoms with van der Waals surface area (Å²) < 4.78 is 21.9. The van der Waals surface area contributed by atoms with Gasteiger partial charge in [0.15, 0.2) is 5.82 Å². The van der Waals surface area contributed by atoms with Crippen LogP contribution in [0.1, 0.15) is 12.5 Å². The van der Waals surface area contributed by atoms with E-state index in [0.717, 1.165) is 0 Å². The van der Waals surface area contributed by atoms with E-state index in [9.17, 15) is 9.59 Å². The van der Waals surface area contributed by atoms with Gasteiger partial charge in [-0.25, -0.2) is 4.39 Å². The van der Waals surface area contributed by atoms with Crippen molar-refractivity contribution in [2.45, 2.75) is 32.0 Å². The first-order valence-electron chi connectivity index (χ1n) is 10.1. The number of likely N-dealkylation sites (N-methyl/N-ethyl adjacent to an activating group) is 1. The Hall–Kier alpha value is -2.16. The minimum atomic E-state index is -0.506. The molecule has 7 nitrogen and oxygen atoms in total. The topological polar surface area (TPSA) is 58.0 Å². The molecule has 0 bridgehead atoms. The largest absolute Gasteiger partial charge is 0.377 e. The summed E-state index contributed by atoms with van der Waals surface area (Å²) in [6.45, 7) is 5.53. The molecule has 3 aliphatic rings. The number of halogens is 2. The lowest BCUT2D eigenvalue weighted by Gasteiger charge is -2.52. The third-order valence-electron chi connectivity index (χ3n) is 6.83. The van der Waals surface area contributed by atoms with Crippen molar-refractivity contribution in [3.8, 4) is 0 Å². The van der Waals surface area contributed by atoms with Gasteiger partial charge in [0.25, 0.3) is 11.5 Å². The maximum absolute atomic E-state index is 15.3. The fraction of sp³-hybridized carbons (Fsp3) is 0.524. The molecule has 0 N–H and O–H groups in total. The van der Waals surface area contributed by atoms with Crippen LogP contribution in [-0.2, 0) is 16.6 Å². The average molecular weight is 435 g/mol. The minimum absolute atomic E-state index is 0.107. The number of anilines is 2. The Morgan fingerprint density at radius 3 is 2.50 bits per heavy atom. The maximum atomic E-state index is 15.3. The van der Waals surface area contributed by atoms with Crippen molar-refractivity contribution in [2.75, 3.05) is 43.2 Å². The van der Waals surface area contributed by atoms with Gasteiger partial charge in [-0.3, -0.25) is 19.4 Å². The fourth-order valence-corrected chi connectivity index (χ4v) is 4.97. The van der Waals surface area contributed by atoms with Gasteiger partial charge >= 0.3 is 0 Å². The number of hydrogen-bond donors (Lipinski definition) is 0. The van der Waals surface area contributed by atoms with Crippen LogP contribution in [0.2, 0.25) is 5.02 Å². The number of fused-ring (bicyclic) bond motifs is 5. The SMILES string of the molecule is Cc1c(Cl)cc2c3c(c(=O)n(C)c2c1F)N(C1COC1)C(=O)C1CN(C)C(C)CN31. The molecule has 0 spiro atoms. The van der Waals surface area contributed by atoms with Crippen molar-refractivity contribution in [3.05, 3.63) is 32.8 Å². The minimum Gasteiger partial charge on any atom is -0.377 e. The molecule has 0 aliphatic carbocycles. The fourth-order valence-electron chi connectivity index (χ4n) is 4.78. The second kappa shape index (κ2) is 6.67. The van der Waals surface area contributed by atoms with Crippen LogP contribution in [0.5, 0.6) is 0 Å². The smallest absolute Gasteiger partial charge is 0.277 e. The molecule has 1 amide bonds. The van der Waals surface area contributed by atoms with Gasteiger partial charge in [-0.05, 0) is 27.0 Å². The van der Waals surface area contributed by atoms with Crippen LogP contribution < -0.4 is 15.4 Å². The molecule has 2 aromatic rings. The Balaban J connectivity index is 1.89. The first kappa shape index (κ1) is 19.8. The van der Waals surface area contributed by atoms with Crippen LogP contribution in [0, 0.1) is 12.7 Å². The normalized spacial score (nSPS) is 24.8. The van der Waals surface area contributed by atoms with Crippen molar-refractivity contribution in [1.29, 1.82) is 0 Å². The van der Waals surface area contributed by atoms with Gasteiger partial charge in [-0.1, -0.05) is 11.6 Å². The molecule has 3 aliphatic heterocycles. The van der Waals surface area contributed by atoms with Gasteiger partial charge < -0.3 is 14.2 Å². The first-order chi connectivity index (χ1) is 14.2. The molecule has 1 aromatic carbocycles. The maximum Gasteiger partial charge on any atom is 0.277 e. The predicted molar refractivity (Wildman–Crippen MR) is 114 cm³/mol. The van der Waals surface area contributed by atoms with Gasteiger partial charge in [0.2, 0.25) is 0 Å². The zero-order chi connectivity index (χ0) is 21.5. The van der Waals surface area contributed by atoms with Crippen LogP contribution in [0.25, 0.3) is 10.9 Å². The Labute approximate surface area is 178 Å². The van der Waals surface area contributed by atoms with Crippen LogP contribution in [0.4, 0.5) is 15.8 Å². The molecule has 160 valence electrons. The number of benzene rings is 1. The molecule has 2 saturated heterocycles. The quantitative estimate of drug-likeness (QED) is 0.686. The molecule has 30 heavy (non-hydrogen) atoms. The Morgan fingerprint density at radius 2 is 1.87 bits per heavy atom. The summed E-state index contributed by atoms with van der Waals surface area (Å²) in [4.78, 5) is 32.8. The van der Waals surface area contributed by atoms with E-state index in [4.69, 9.17) is 16.3 Å². The lowest BCUT2D eigenvalue weighted by atomic mass is 9.96. The molecule has 1 aromatic heterocycles. The van der Waals surface area contributed by atoms with E-state index in [1.54, 1.807) is 24.9 Å². The summed E-state index contributed by atoms with van der Waals surface area (Å²) in [5.41, 5.74) is 1.04. The molecular weight excluding hydrogens is 411 g/mol. The van der Waals surface area contributed by atoms with Gasteiger partial charge in [0, 0.05) is 42.2 Å². The van der Waals surface area contributed by atoms with Crippen LogP contribution in [0.15, 0.2) is 10.9 Å². The van der Waals surface area contributed by atoms with E-state index in [1.165, 1.54) is 4.57 Å². The second-order valence-electron chi connectivity index (χ2n) is 8.61. The van der Waals surface area contributed by atoms with Crippen LogP contribution >= 0.6 is 11.6 Å². The number of aryl methyl sites for hydroxylation is 1. The second-order valence-corrected chi connectivity index (χ2v) is 9.02. The Morgan fingerprint density at radius 1 is 1.17 bits per heavy atom. The van der Waals surface area contributed by atoms with E-state index in [-0.39, 0.29) is 29.1 Å². The third-order valence-corrected chi connectivity index (χ3v) is 7.22. The lowest BCUT2D eigenvalue weighted by molar-refractivity contribution is -0.124. The number of carbonyl (C=O) groups excluding carboxylic acids is 1. The number of piperazine rings is 1. The van der Waals surface area contributed by atoms with E-state index in [1.807, 2.05) is 11.9 Å². The highest BCUT2D eigenvalue weighted by Gasteiger charge is 2.48. The summed E-state index contributed by atoms with van der Waals surface area (Å²) in [6, 6.07) is 1.25. The van der Waals surface area contributed by atoms with Crippen molar-refractivity contribution < 1.29 is 13.9 Å². The van der Waals surface area contributed by atoms with Gasteiger partial charge in [0.05, 0.1) is 30.5 Å². The molecule has 2 unspecified atom stereocenters. The molecular formula is C21H24ClFN4O3. The van der Waals surface area contributed by atoms with E-state index in [0.29, 0.717) is 53.7 Å². The van der Waals surface area contributed by atoms with Crippen LogP contribution in [0.3, 0.4) is 0 Å². The van der Waals surface area contributed by atoms with Gasteiger partial charge in [-0.15, -0.1) is 0 Å². The van der Waals surface area contributed by atoms with Gasteiger partial charge in [0.1, 0.15) is 11.7 Å². The van der Waals surface area contributed by atoms with E-state index in [2.05, 4.69) is 11.8 Å². The number of ether oxygens (including phenoxy) is 1. The molecule has 0 radical (unpaired) electrons. The van der Waals surface area contributed by atoms with Crippen molar-refractivity contribution in [2.24, 2.45) is 7.05 Å². The number of amides is 1. The highest BCUT2D eigenvalue weighted by molar-refractivity contribution is 6.32.